The van der Waals surface area contributed by atoms with Gasteiger partial charge in [-0.3, -0.25) is 19.3 Å². The highest BCUT2D eigenvalue weighted by molar-refractivity contribution is 7.71. The summed E-state index contributed by atoms with van der Waals surface area (Å²) in [5.74, 6) is 1.79. The topological polar surface area (TPSA) is 91.3 Å². The Labute approximate surface area is 219 Å². The van der Waals surface area contributed by atoms with E-state index in [0.29, 0.717) is 9.54 Å². The molecule has 2 heterocycles. The smallest absolute Gasteiger partial charge is 0.199 e. The van der Waals surface area contributed by atoms with Crippen LogP contribution in [0.3, 0.4) is 0 Å². The van der Waals surface area contributed by atoms with Crippen molar-refractivity contribution in [3.8, 4) is 11.4 Å². The average molecular weight is 515 g/mol. The molecule has 0 bridgehead atoms. The van der Waals surface area contributed by atoms with Gasteiger partial charge in [-0.25, -0.2) is 0 Å². The molecule has 3 aromatic carbocycles. The molecule has 0 unspecified atom stereocenters. The van der Waals surface area contributed by atoms with Crippen molar-refractivity contribution in [1.29, 1.82) is 0 Å². The zero-order chi connectivity index (χ0) is 24.7. The molecule has 0 atom stereocenters. The van der Waals surface area contributed by atoms with Crippen molar-refractivity contribution in [2.75, 3.05) is 23.7 Å². The van der Waals surface area contributed by atoms with Crippen molar-refractivity contribution < 1.29 is 0 Å². The van der Waals surface area contributed by atoms with Crippen LogP contribution in [0.4, 0.5) is 11.4 Å². The maximum absolute atomic E-state index is 5.42. The van der Waals surface area contributed by atoms with Crippen LogP contribution in [0.1, 0.15) is 11.6 Å². The minimum Gasteiger partial charge on any atom is -0.385 e. The molecule has 0 aliphatic heterocycles. The molecule has 0 spiro atoms. The normalized spacial score (nSPS) is 10.9. The Balaban J connectivity index is 1.13. The lowest BCUT2D eigenvalue weighted by atomic mass is 10.2. The predicted octanol–water partition coefficient (Wildman–Crippen LogP) is 5.48. The van der Waals surface area contributed by atoms with Crippen LogP contribution in [-0.4, -0.2) is 42.6 Å². The Morgan fingerprint density at radius 2 is 0.972 bits per heavy atom. The Bertz CT molecular complexity index is 1400. The van der Waals surface area contributed by atoms with Crippen molar-refractivity contribution in [1.82, 2.24) is 29.5 Å². The van der Waals surface area contributed by atoms with Crippen LogP contribution in [0.25, 0.3) is 11.4 Å². The van der Waals surface area contributed by atoms with Crippen LogP contribution in [0.2, 0.25) is 0 Å². The van der Waals surface area contributed by atoms with Crippen LogP contribution in [-0.2, 0) is 12.8 Å². The molecule has 0 radical (unpaired) electrons. The van der Waals surface area contributed by atoms with Crippen LogP contribution in [0, 0.1) is 9.54 Å². The number of hydrogen-bond donors (Lipinski definition) is 4. The van der Waals surface area contributed by atoms with Gasteiger partial charge in [0.2, 0.25) is 0 Å². The van der Waals surface area contributed by atoms with E-state index in [0.717, 1.165) is 60.3 Å². The maximum atomic E-state index is 5.42. The SMILES string of the molecule is S=c1[nH]nc(CCNc2ccc(NCCc3n[nH]c(=S)n3-c3ccccc3)cc2)n1-c1ccccc1. The van der Waals surface area contributed by atoms with Crippen LogP contribution >= 0.6 is 24.4 Å². The first-order valence-corrected chi connectivity index (χ1v) is 12.5. The fraction of sp³-hybridized carbons (Fsp3) is 0.154. The summed E-state index contributed by atoms with van der Waals surface area (Å²) in [7, 11) is 0. The van der Waals surface area contributed by atoms with Gasteiger partial charge in [-0.2, -0.15) is 10.2 Å². The van der Waals surface area contributed by atoms with Crippen molar-refractivity contribution in [3.05, 3.63) is 106 Å². The third-order valence-corrected chi connectivity index (χ3v) is 6.30. The van der Waals surface area contributed by atoms with Crippen molar-refractivity contribution in [2.45, 2.75) is 12.8 Å². The Morgan fingerprint density at radius 1 is 0.583 bits per heavy atom. The predicted molar refractivity (Wildman–Crippen MR) is 148 cm³/mol. The second-order valence-electron chi connectivity index (χ2n) is 8.16. The number of hydrogen-bond acceptors (Lipinski definition) is 6. The number of aromatic amines is 2. The largest absolute Gasteiger partial charge is 0.385 e. The molecule has 182 valence electrons. The number of anilines is 2. The minimum atomic E-state index is 0.597. The first-order chi connectivity index (χ1) is 17.7. The lowest BCUT2D eigenvalue weighted by Crippen LogP contribution is -2.11. The molecule has 2 aromatic heterocycles. The Morgan fingerprint density at radius 3 is 1.36 bits per heavy atom. The van der Waals surface area contributed by atoms with E-state index in [9.17, 15) is 0 Å². The van der Waals surface area contributed by atoms with Gasteiger partial charge in [-0.05, 0) is 73.0 Å². The molecule has 10 heteroatoms. The first-order valence-electron chi connectivity index (χ1n) is 11.7. The standard InChI is InChI=1S/C26H26N8S2/c35-25-31-29-23(33(25)21-7-3-1-4-8-21)15-17-27-19-11-13-20(14-12-19)28-18-16-24-30-32-26(36)34(24)22-9-5-2-6-10-22/h1-14,27-28H,15-18H2,(H,31,35)(H,32,36). The van der Waals surface area contributed by atoms with E-state index >= 15 is 0 Å². The number of aromatic nitrogens is 6. The van der Waals surface area contributed by atoms with Crippen LogP contribution in [0.5, 0.6) is 0 Å². The van der Waals surface area contributed by atoms with E-state index in [2.05, 4.69) is 55.3 Å². The quantitative estimate of drug-likeness (QED) is 0.185. The van der Waals surface area contributed by atoms with Gasteiger partial charge in [0.15, 0.2) is 9.54 Å². The summed E-state index contributed by atoms with van der Waals surface area (Å²) in [6.45, 7) is 1.47. The molecule has 0 saturated carbocycles. The summed E-state index contributed by atoms with van der Waals surface area (Å²) in [5, 5.41) is 21.5. The molecule has 5 rings (SSSR count). The first kappa shape index (κ1) is 23.7. The van der Waals surface area contributed by atoms with E-state index in [-0.39, 0.29) is 0 Å². The lowest BCUT2D eigenvalue weighted by Gasteiger charge is -2.11. The molecule has 0 aliphatic carbocycles. The Kier molecular flexibility index (Phi) is 7.34. The van der Waals surface area contributed by atoms with Gasteiger partial charge < -0.3 is 10.6 Å². The minimum absolute atomic E-state index is 0.597. The van der Waals surface area contributed by atoms with Gasteiger partial charge in [0.1, 0.15) is 11.6 Å². The zero-order valence-electron chi connectivity index (χ0n) is 19.5. The lowest BCUT2D eigenvalue weighted by molar-refractivity contribution is 0.847. The summed E-state index contributed by atoms with van der Waals surface area (Å²) >= 11 is 10.8. The number of rotatable bonds is 10. The molecule has 36 heavy (non-hydrogen) atoms. The number of nitrogens with zero attached hydrogens (tertiary/aromatic N) is 4. The number of nitrogens with one attached hydrogen (secondary N) is 4. The van der Waals surface area contributed by atoms with E-state index in [1.165, 1.54) is 0 Å². The molecule has 0 saturated heterocycles. The van der Waals surface area contributed by atoms with E-state index < -0.39 is 0 Å². The van der Waals surface area contributed by atoms with E-state index in [1.54, 1.807) is 0 Å². The number of para-hydroxylation sites is 2. The Hall–Kier alpha value is -4.02. The van der Waals surface area contributed by atoms with Crippen molar-refractivity contribution >= 4 is 35.8 Å². The number of benzene rings is 3. The van der Waals surface area contributed by atoms with Gasteiger partial charge in [0.05, 0.1) is 0 Å². The second kappa shape index (κ2) is 11.1. The average Bonchev–Trinajstić information content (AvgIpc) is 3.47. The van der Waals surface area contributed by atoms with Gasteiger partial charge >= 0.3 is 0 Å². The zero-order valence-corrected chi connectivity index (χ0v) is 21.1. The van der Waals surface area contributed by atoms with Gasteiger partial charge in [-0.15, -0.1) is 0 Å². The molecular weight excluding hydrogens is 488 g/mol. The highest BCUT2D eigenvalue weighted by Crippen LogP contribution is 2.16. The van der Waals surface area contributed by atoms with Crippen LogP contribution < -0.4 is 10.6 Å². The number of H-pyrrole nitrogens is 2. The van der Waals surface area contributed by atoms with E-state index in [4.69, 9.17) is 24.4 Å². The molecule has 5 aromatic rings. The summed E-state index contributed by atoms with van der Waals surface area (Å²) in [4.78, 5) is 0. The third-order valence-electron chi connectivity index (χ3n) is 5.75. The highest BCUT2D eigenvalue weighted by Gasteiger charge is 2.09. The van der Waals surface area contributed by atoms with Crippen LogP contribution in [0.15, 0.2) is 84.9 Å². The van der Waals surface area contributed by atoms with Crippen molar-refractivity contribution in [2.24, 2.45) is 0 Å². The monoisotopic (exact) mass is 514 g/mol. The van der Waals surface area contributed by atoms with Gasteiger partial charge in [0.25, 0.3) is 0 Å². The van der Waals surface area contributed by atoms with Gasteiger partial charge in [0, 0.05) is 48.7 Å². The maximum Gasteiger partial charge on any atom is 0.199 e. The fourth-order valence-corrected chi connectivity index (χ4v) is 4.54. The third kappa shape index (κ3) is 5.45. The highest BCUT2D eigenvalue weighted by atomic mass is 32.1. The van der Waals surface area contributed by atoms with Crippen molar-refractivity contribution in [3.63, 3.8) is 0 Å². The van der Waals surface area contributed by atoms with E-state index in [1.807, 2.05) is 69.8 Å². The summed E-state index contributed by atoms with van der Waals surface area (Å²) in [5.41, 5.74) is 4.11. The molecule has 0 amide bonds. The molecule has 0 aliphatic rings. The molecule has 0 fully saturated rings. The summed E-state index contributed by atoms with van der Waals surface area (Å²) in [6, 6.07) is 28.3. The summed E-state index contributed by atoms with van der Waals surface area (Å²) in [6.07, 6.45) is 1.47. The molecule has 8 nitrogen and oxygen atoms in total. The fourth-order valence-electron chi connectivity index (χ4n) is 4.02. The van der Waals surface area contributed by atoms with Gasteiger partial charge in [-0.1, -0.05) is 36.4 Å². The molecular formula is C26H26N8S2. The second-order valence-corrected chi connectivity index (χ2v) is 8.94. The summed E-state index contributed by atoms with van der Waals surface area (Å²) < 4.78 is 5.14. The molecule has 4 N–H and O–H groups in total.